The van der Waals surface area contributed by atoms with Gasteiger partial charge in [-0.05, 0) is 20.8 Å². The molecule has 1 aliphatic heterocycles. The second-order valence-electron chi connectivity index (χ2n) is 6.80. The summed E-state index contributed by atoms with van der Waals surface area (Å²) in [5.41, 5.74) is -0.348. The Balaban J connectivity index is 1.71. The molecule has 1 atom stereocenters. The lowest BCUT2D eigenvalue weighted by molar-refractivity contribution is 0.0274. The maximum absolute atomic E-state index is 14.1. The quantitative estimate of drug-likeness (QED) is 0.887. The van der Waals surface area contributed by atoms with E-state index in [1.165, 1.54) is 4.90 Å². The van der Waals surface area contributed by atoms with Crippen LogP contribution in [0, 0.1) is 5.82 Å². The number of carbonyl (C=O) groups is 1. The maximum Gasteiger partial charge on any atom is 0.410 e. The van der Waals surface area contributed by atoms with Crippen molar-refractivity contribution in [3.8, 4) is 11.8 Å². The molecular weight excluding hydrogens is 331 g/mol. The predicted molar refractivity (Wildman–Crippen MR) is 85.8 cm³/mol. The van der Waals surface area contributed by atoms with Gasteiger partial charge < -0.3 is 19.5 Å². The molecule has 0 unspecified atom stereocenters. The molecule has 2 aromatic heterocycles. The van der Waals surface area contributed by atoms with Crippen LogP contribution in [0.3, 0.4) is 0 Å². The fourth-order valence-electron chi connectivity index (χ4n) is 2.49. The Hall–Kier alpha value is -2.71. The number of hydrogen-bond donors (Lipinski definition) is 1. The largest absolute Gasteiger partial charge is 0.492 e. The first-order valence-electron chi connectivity index (χ1n) is 7.88. The molecule has 0 bridgehead atoms. The number of hydrogen-bond acceptors (Lipinski definition) is 7. The molecule has 0 saturated carbocycles. The number of aromatic nitrogens is 3. The molecule has 1 aliphatic rings. The van der Waals surface area contributed by atoms with Gasteiger partial charge in [0.05, 0.1) is 12.1 Å². The molecule has 0 aliphatic carbocycles. The van der Waals surface area contributed by atoms with E-state index in [0.717, 1.165) is 12.4 Å². The average Bonchev–Trinajstić information content (AvgIpc) is 2.96. The number of fused-ring (bicyclic) bond motifs is 1. The molecule has 0 radical (unpaired) electrons. The van der Waals surface area contributed by atoms with Crippen LogP contribution in [0.5, 0.6) is 11.8 Å². The van der Waals surface area contributed by atoms with Crippen LogP contribution in [0.1, 0.15) is 27.2 Å². The molecule has 134 valence electrons. The third kappa shape index (κ3) is 3.86. The summed E-state index contributed by atoms with van der Waals surface area (Å²) in [7, 11) is 0. The van der Waals surface area contributed by atoms with E-state index in [4.69, 9.17) is 9.47 Å². The summed E-state index contributed by atoms with van der Waals surface area (Å²) >= 11 is 0. The van der Waals surface area contributed by atoms with Gasteiger partial charge in [-0.3, -0.25) is 0 Å². The number of nitrogens with zero attached hydrogens (tertiary/aromatic N) is 4. The Labute approximate surface area is 143 Å². The molecule has 1 saturated heterocycles. The first-order valence-corrected chi connectivity index (χ1v) is 7.88. The highest BCUT2D eigenvalue weighted by molar-refractivity contribution is 5.79. The standard InChI is InChI=1S/C16H19FN4O4/c1-16(2,3)25-15(23)21-5-4-9(7-21)24-14-10(17)6-11-12(20-14)13(22)19-8-18-11/h6,8-9H,4-5,7H2,1-3H3,(H,18,19,22)/t9-/m0/s1. The second kappa shape index (κ2) is 6.30. The molecule has 3 rings (SSSR count). The van der Waals surface area contributed by atoms with Crippen molar-refractivity contribution in [3.63, 3.8) is 0 Å². The maximum atomic E-state index is 14.1. The molecule has 25 heavy (non-hydrogen) atoms. The van der Waals surface area contributed by atoms with Gasteiger partial charge in [-0.1, -0.05) is 0 Å². The van der Waals surface area contributed by atoms with Crippen LogP contribution in [0.25, 0.3) is 11.0 Å². The van der Waals surface area contributed by atoms with E-state index in [1.54, 1.807) is 20.8 Å². The van der Waals surface area contributed by atoms with E-state index in [0.29, 0.717) is 13.0 Å². The number of likely N-dealkylation sites (tertiary alicyclic amines) is 1. The van der Waals surface area contributed by atoms with Gasteiger partial charge in [-0.25, -0.2) is 24.1 Å². The number of ether oxygens (including phenoxy) is 2. The van der Waals surface area contributed by atoms with Crippen LogP contribution in [0.15, 0.2) is 12.4 Å². The summed E-state index contributed by atoms with van der Waals surface area (Å²) in [6, 6.07) is 1.12. The van der Waals surface area contributed by atoms with Gasteiger partial charge in [0.2, 0.25) is 5.88 Å². The summed E-state index contributed by atoms with van der Waals surface area (Å²) in [6.45, 7) is 6.09. The molecule has 8 nitrogen and oxygen atoms in total. The van der Waals surface area contributed by atoms with Crippen LogP contribution in [-0.4, -0.2) is 55.8 Å². The van der Waals surface area contributed by atoms with Gasteiger partial charge in [0.1, 0.15) is 18.0 Å². The van der Waals surface area contributed by atoms with Gasteiger partial charge in [0.15, 0.2) is 11.3 Å². The summed E-state index contributed by atoms with van der Waals surface area (Å²) < 4.78 is 25.0. The predicted octanol–water partition coefficient (Wildman–Crippen LogP) is 2.26. The SMILES string of the molecule is CC(C)(C)OC(=O)N1CC[C@H](Oc2nc3c(O)ncnc3cc2F)C1. The van der Waals surface area contributed by atoms with Crippen molar-refractivity contribution in [2.24, 2.45) is 0 Å². The van der Waals surface area contributed by atoms with Crippen LogP contribution < -0.4 is 4.74 Å². The van der Waals surface area contributed by atoms with Gasteiger partial charge in [0, 0.05) is 19.0 Å². The lowest BCUT2D eigenvalue weighted by Crippen LogP contribution is -2.36. The number of carbonyl (C=O) groups excluding carboxylic acids is 1. The molecule has 2 aromatic rings. The van der Waals surface area contributed by atoms with Crippen molar-refractivity contribution in [1.82, 2.24) is 19.9 Å². The zero-order valence-corrected chi connectivity index (χ0v) is 14.2. The minimum atomic E-state index is -0.693. The minimum absolute atomic E-state index is 0.0564. The third-order valence-electron chi connectivity index (χ3n) is 3.59. The molecule has 1 N–H and O–H groups in total. The Morgan fingerprint density at radius 3 is 2.88 bits per heavy atom. The van der Waals surface area contributed by atoms with E-state index in [9.17, 15) is 14.3 Å². The Bertz CT molecular complexity index is 809. The molecule has 3 heterocycles. The van der Waals surface area contributed by atoms with Crippen LogP contribution in [0.2, 0.25) is 0 Å². The normalized spacial score (nSPS) is 17.8. The van der Waals surface area contributed by atoms with Crippen molar-refractivity contribution < 1.29 is 23.8 Å². The summed E-state index contributed by atoms with van der Waals surface area (Å²) in [6.07, 6.45) is 0.792. The zero-order valence-electron chi connectivity index (χ0n) is 14.2. The van der Waals surface area contributed by atoms with E-state index < -0.39 is 23.6 Å². The number of pyridine rings is 1. The summed E-state index contributed by atoms with van der Waals surface area (Å²) in [5, 5.41) is 9.71. The lowest BCUT2D eigenvalue weighted by Gasteiger charge is -2.24. The van der Waals surface area contributed by atoms with Crippen molar-refractivity contribution in [1.29, 1.82) is 0 Å². The van der Waals surface area contributed by atoms with Gasteiger partial charge in [-0.2, -0.15) is 0 Å². The number of aromatic hydroxyl groups is 1. The van der Waals surface area contributed by atoms with Crippen molar-refractivity contribution in [2.45, 2.75) is 38.9 Å². The Morgan fingerprint density at radius 1 is 1.40 bits per heavy atom. The molecule has 9 heteroatoms. The first kappa shape index (κ1) is 17.1. The summed E-state index contributed by atoms with van der Waals surface area (Å²) in [4.78, 5) is 25.0. The van der Waals surface area contributed by atoms with E-state index in [1.807, 2.05) is 0 Å². The topological polar surface area (TPSA) is 97.7 Å². The average molecular weight is 350 g/mol. The fourth-order valence-corrected chi connectivity index (χ4v) is 2.49. The highest BCUT2D eigenvalue weighted by Crippen LogP contribution is 2.26. The zero-order chi connectivity index (χ0) is 18.2. The Kier molecular flexibility index (Phi) is 4.32. The highest BCUT2D eigenvalue weighted by Gasteiger charge is 2.31. The van der Waals surface area contributed by atoms with E-state index >= 15 is 0 Å². The molecule has 1 amide bonds. The number of rotatable bonds is 2. The van der Waals surface area contributed by atoms with Gasteiger partial charge >= 0.3 is 6.09 Å². The third-order valence-corrected chi connectivity index (χ3v) is 3.59. The highest BCUT2D eigenvalue weighted by atomic mass is 19.1. The lowest BCUT2D eigenvalue weighted by atomic mass is 10.2. The first-order chi connectivity index (χ1) is 11.7. The van der Waals surface area contributed by atoms with Crippen molar-refractivity contribution in [2.75, 3.05) is 13.1 Å². The number of amides is 1. The molecule has 0 spiro atoms. The molecular formula is C16H19FN4O4. The fraction of sp³-hybridized carbons (Fsp3) is 0.500. The molecule has 1 fully saturated rings. The smallest absolute Gasteiger partial charge is 0.410 e. The van der Waals surface area contributed by atoms with Crippen LogP contribution >= 0.6 is 0 Å². The van der Waals surface area contributed by atoms with E-state index in [2.05, 4.69) is 15.0 Å². The second-order valence-corrected chi connectivity index (χ2v) is 6.80. The van der Waals surface area contributed by atoms with Crippen molar-refractivity contribution in [3.05, 3.63) is 18.2 Å². The summed E-state index contributed by atoms with van der Waals surface area (Å²) in [5.74, 6) is -1.30. The van der Waals surface area contributed by atoms with Gasteiger partial charge in [0.25, 0.3) is 5.88 Å². The van der Waals surface area contributed by atoms with Gasteiger partial charge in [-0.15, -0.1) is 0 Å². The Morgan fingerprint density at radius 2 is 2.16 bits per heavy atom. The molecule has 0 aromatic carbocycles. The number of halogens is 1. The van der Waals surface area contributed by atoms with Crippen LogP contribution in [0.4, 0.5) is 9.18 Å². The minimum Gasteiger partial charge on any atom is -0.492 e. The van der Waals surface area contributed by atoms with E-state index in [-0.39, 0.29) is 29.3 Å². The monoisotopic (exact) mass is 350 g/mol. The van der Waals surface area contributed by atoms with Crippen molar-refractivity contribution >= 4 is 17.1 Å². The van der Waals surface area contributed by atoms with Crippen LogP contribution in [-0.2, 0) is 4.74 Å².